The van der Waals surface area contributed by atoms with Gasteiger partial charge in [0, 0.05) is 22.3 Å². The van der Waals surface area contributed by atoms with Crippen LogP contribution in [0.15, 0.2) is 54.6 Å². The van der Waals surface area contributed by atoms with Crippen LogP contribution in [0, 0.1) is 0 Å². The Kier molecular flexibility index (Phi) is 3.00. The van der Waals surface area contributed by atoms with Gasteiger partial charge in [-0.05, 0) is 37.5 Å². The summed E-state index contributed by atoms with van der Waals surface area (Å²) in [5, 5.41) is 11.6. The Morgan fingerprint density at radius 2 is 1.86 bits per heavy atom. The predicted molar refractivity (Wildman–Crippen MR) is 88.4 cm³/mol. The molecule has 0 bridgehead atoms. The molecule has 3 nitrogen and oxygen atoms in total. The molecule has 0 fully saturated rings. The fraction of sp³-hybridized carbons (Fsp3) is 0.211. The molecule has 0 spiro atoms. The first-order valence-electron chi connectivity index (χ1n) is 7.66. The largest absolute Gasteiger partial charge is 0.478 e. The van der Waals surface area contributed by atoms with Gasteiger partial charge in [-0.2, -0.15) is 0 Å². The smallest absolute Gasteiger partial charge is 0.335 e. The summed E-state index contributed by atoms with van der Waals surface area (Å²) >= 11 is 0. The lowest BCUT2D eigenvalue weighted by atomic mass is 10.0. The van der Waals surface area contributed by atoms with Crippen molar-refractivity contribution < 1.29 is 9.90 Å². The number of carbonyl (C=O) groups is 1. The number of hydrogen-bond acceptors (Lipinski definition) is 1. The van der Waals surface area contributed by atoms with Gasteiger partial charge in [0.1, 0.15) is 0 Å². The number of nitrogens with zero attached hydrogens (tertiary/aromatic N) is 1. The highest BCUT2D eigenvalue weighted by molar-refractivity contribution is 6.09. The van der Waals surface area contributed by atoms with Crippen LogP contribution in [0.25, 0.3) is 21.8 Å². The van der Waals surface area contributed by atoms with E-state index in [0.717, 1.165) is 30.2 Å². The van der Waals surface area contributed by atoms with Crippen LogP contribution in [-0.2, 0) is 0 Å². The summed E-state index contributed by atoms with van der Waals surface area (Å²) in [4.78, 5) is 11.3. The van der Waals surface area contributed by atoms with Crippen LogP contribution in [0.3, 0.4) is 0 Å². The summed E-state index contributed by atoms with van der Waals surface area (Å²) in [5.74, 6) is -0.873. The molecule has 110 valence electrons. The molecule has 1 N–H and O–H groups in total. The molecule has 3 aromatic rings. The highest BCUT2D eigenvalue weighted by Crippen LogP contribution is 2.36. The van der Waals surface area contributed by atoms with Crippen molar-refractivity contribution in [3.8, 4) is 0 Å². The summed E-state index contributed by atoms with van der Waals surface area (Å²) in [6.07, 6.45) is 7.65. The van der Waals surface area contributed by atoms with Gasteiger partial charge in [0.15, 0.2) is 0 Å². The molecule has 4 rings (SSSR count). The van der Waals surface area contributed by atoms with Gasteiger partial charge in [-0.3, -0.25) is 0 Å². The minimum absolute atomic E-state index is 0.350. The van der Waals surface area contributed by atoms with E-state index < -0.39 is 5.97 Å². The van der Waals surface area contributed by atoms with Crippen LogP contribution in [0.5, 0.6) is 0 Å². The molecule has 2 aromatic carbocycles. The van der Waals surface area contributed by atoms with Crippen molar-refractivity contribution in [2.24, 2.45) is 0 Å². The zero-order valence-corrected chi connectivity index (χ0v) is 12.2. The lowest BCUT2D eigenvalue weighted by molar-refractivity contribution is 0.0697. The van der Waals surface area contributed by atoms with Crippen molar-refractivity contribution in [1.29, 1.82) is 0 Å². The van der Waals surface area contributed by atoms with Gasteiger partial charge in [-0.15, -0.1) is 0 Å². The van der Waals surface area contributed by atoms with E-state index in [1.165, 1.54) is 10.9 Å². The minimum atomic E-state index is -0.873. The number of hydrogen-bond donors (Lipinski definition) is 1. The van der Waals surface area contributed by atoms with Crippen molar-refractivity contribution in [1.82, 2.24) is 4.57 Å². The molecule has 0 aliphatic heterocycles. The van der Waals surface area contributed by atoms with Crippen molar-refractivity contribution in [3.05, 3.63) is 60.2 Å². The van der Waals surface area contributed by atoms with E-state index in [1.807, 2.05) is 18.2 Å². The van der Waals surface area contributed by atoms with E-state index in [-0.39, 0.29) is 0 Å². The monoisotopic (exact) mass is 291 g/mol. The number of fused-ring (bicyclic) bond motifs is 3. The van der Waals surface area contributed by atoms with Crippen molar-refractivity contribution in [2.75, 3.05) is 0 Å². The van der Waals surface area contributed by atoms with Crippen molar-refractivity contribution >= 4 is 27.8 Å². The molecule has 0 saturated heterocycles. The van der Waals surface area contributed by atoms with Crippen LogP contribution >= 0.6 is 0 Å². The van der Waals surface area contributed by atoms with Gasteiger partial charge in [0.25, 0.3) is 0 Å². The fourth-order valence-electron chi connectivity index (χ4n) is 3.54. The van der Waals surface area contributed by atoms with Crippen LogP contribution in [0.1, 0.15) is 35.7 Å². The molecule has 0 saturated carbocycles. The Morgan fingerprint density at radius 1 is 1.05 bits per heavy atom. The minimum Gasteiger partial charge on any atom is -0.478 e. The number of rotatable bonds is 2. The van der Waals surface area contributed by atoms with Gasteiger partial charge in [-0.1, -0.05) is 36.4 Å². The van der Waals surface area contributed by atoms with E-state index in [0.29, 0.717) is 11.6 Å². The quantitative estimate of drug-likeness (QED) is 0.691. The molecule has 1 heterocycles. The first-order chi connectivity index (χ1) is 10.8. The Labute approximate surface area is 128 Å². The first kappa shape index (κ1) is 13.1. The third-order valence-corrected chi connectivity index (χ3v) is 4.56. The van der Waals surface area contributed by atoms with E-state index in [4.69, 9.17) is 0 Å². The van der Waals surface area contributed by atoms with Gasteiger partial charge in [0.2, 0.25) is 0 Å². The molecule has 1 unspecified atom stereocenters. The second-order valence-corrected chi connectivity index (χ2v) is 5.86. The fourth-order valence-corrected chi connectivity index (χ4v) is 3.54. The molecule has 0 radical (unpaired) electrons. The van der Waals surface area contributed by atoms with E-state index in [1.54, 1.807) is 6.07 Å². The van der Waals surface area contributed by atoms with Crippen molar-refractivity contribution in [2.45, 2.75) is 25.3 Å². The highest BCUT2D eigenvalue weighted by atomic mass is 16.4. The number of allylic oxidation sites excluding steroid dienone is 2. The number of carboxylic acids is 1. The second-order valence-electron chi connectivity index (χ2n) is 5.86. The zero-order valence-electron chi connectivity index (χ0n) is 12.2. The Hall–Kier alpha value is -2.55. The van der Waals surface area contributed by atoms with E-state index >= 15 is 0 Å². The highest BCUT2D eigenvalue weighted by Gasteiger charge is 2.19. The molecule has 0 amide bonds. The summed E-state index contributed by atoms with van der Waals surface area (Å²) in [7, 11) is 0. The maximum atomic E-state index is 11.3. The first-order valence-corrected chi connectivity index (χ1v) is 7.66. The maximum absolute atomic E-state index is 11.3. The summed E-state index contributed by atoms with van der Waals surface area (Å²) in [6.45, 7) is 0. The lowest BCUT2D eigenvalue weighted by Gasteiger charge is -2.22. The van der Waals surface area contributed by atoms with Crippen LogP contribution in [-0.4, -0.2) is 15.6 Å². The number of carboxylic acid groups (broad SMARTS) is 1. The van der Waals surface area contributed by atoms with Gasteiger partial charge in [-0.25, -0.2) is 4.79 Å². The normalized spacial score (nSPS) is 18.1. The average Bonchev–Trinajstić information content (AvgIpc) is 2.89. The average molecular weight is 291 g/mol. The summed E-state index contributed by atoms with van der Waals surface area (Å²) < 4.78 is 2.33. The van der Waals surface area contributed by atoms with Gasteiger partial charge >= 0.3 is 5.97 Å². The van der Waals surface area contributed by atoms with Crippen LogP contribution in [0.4, 0.5) is 0 Å². The van der Waals surface area contributed by atoms with Gasteiger partial charge in [0.05, 0.1) is 11.1 Å². The molecular weight excluding hydrogens is 274 g/mol. The maximum Gasteiger partial charge on any atom is 0.335 e. The second kappa shape index (κ2) is 5.02. The Bertz CT molecular complexity index is 904. The SMILES string of the molecule is O=C(O)c1ccc2c3ccccc3n(C3CC=CCC3)c2c1. The number of aromatic nitrogens is 1. The molecule has 1 aliphatic carbocycles. The predicted octanol–water partition coefficient (Wildman–Crippen LogP) is 4.77. The molecular formula is C19H17NO2. The molecule has 1 atom stereocenters. The van der Waals surface area contributed by atoms with E-state index in [2.05, 4.69) is 34.9 Å². The Balaban J connectivity index is 2.06. The lowest BCUT2D eigenvalue weighted by Crippen LogP contribution is -2.10. The third-order valence-electron chi connectivity index (χ3n) is 4.56. The van der Waals surface area contributed by atoms with Gasteiger partial charge < -0.3 is 9.67 Å². The summed E-state index contributed by atoms with van der Waals surface area (Å²) in [5.41, 5.74) is 2.57. The molecule has 1 aliphatic rings. The topological polar surface area (TPSA) is 42.2 Å². The number of para-hydroxylation sites is 1. The van der Waals surface area contributed by atoms with Crippen LogP contribution in [0.2, 0.25) is 0 Å². The van der Waals surface area contributed by atoms with Crippen molar-refractivity contribution in [3.63, 3.8) is 0 Å². The Morgan fingerprint density at radius 3 is 2.64 bits per heavy atom. The molecule has 1 aromatic heterocycles. The number of aromatic carboxylic acids is 1. The standard InChI is InChI=1S/C19H17NO2/c21-19(22)13-10-11-16-15-8-4-5-9-17(15)20(18(16)12-13)14-6-2-1-3-7-14/h1-2,4-5,8-12,14H,3,6-7H2,(H,21,22). The van der Waals surface area contributed by atoms with Crippen LogP contribution < -0.4 is 0 Å². The molecule has 3 heteroatoms. The molecule has 22 heavy (non-hydrogen) atoms. The third kappa shape index (κ3) is 1.93. The van der Waals surface area contributed by atoms with E-state index in [9.17, 15) is 9.90 Å². The number of benzene rings is 2. The zero-order chi connectivity index (χ0) is 15.1. The summed E-state index contributed by atoms with van der Waals surface area (Å²) in [6, 6.07) is 14.2.